The van der Waals surface area contributed by atoms with Crippen molar-refractivity contribution in [3.8, 4) is 0 Å². The normalized spacial score (nSPS) is 9.18. The van der Waals surface area contributed by atoms with Crippen molar-refractivity contribution in [2.45, 2.75) is 0 Å². The average molecular weight is 261 g/mol. The van der Waals surface area contributed by atoms with Crippen LogP contribution in [0.2, 0.25) is 0 Å². The van der Waals surface area contributed by atoms with Gasteiger partial charge in [0.05, 0.1) is 0 Å². The van der Waals surface area contributed by atoms with E-state index < -0.39 is 0 Å². The maximum Gasteiger partial charge on any atom is 0.168 e. The minimum atomic E-state index is 0.291. The van der Waals surface area contributed by atoms with Gasteiger partial charge in [0, 0.05) is 3.57 Å². The van der Waals surface area contributed by atoms with E-state index in [-0.39, 0.29) is 0 Å². The molecule has 0 aliphatic rings. The molecule has 1 rings (SSSR count). The SMILES string of the molecule is O=Cc1cc(I)cc(C=O)n1. The topological polar surface area (TPSA) is 47.0 Å². The second kappa shape index (κ2) is 3.56. The van der Waals surface area contributed by atoms with E-state index in [1.54, 1.807) is 12.1 Å². The Morgan fingerprint density at radius 3 is 2.00 bits per heavy atom. The summed E-state index contributed by atoms with van der Waals surface area (Å²) in [6.07, 6.45) is 1.24. The minimum absolute atomic E-state index is 0.291. The Hall–Kier alpha value is -0.780. The summed E-state index contributed by atoms with van der Waals surface area (Å²) >= 11 is 2.02. The quantitative estimate of drug-likeness (QED) is 0.595. The highest BCUT2D eigenvalue weighted by atomic mass is 127. The van der Waals surface area contributed by atoms with Crippen LogP contribution in [0, 0.1) is 3.57 Å². The van der Waals surface area contributed by atoms with Gasteiger partial charge < -0.3 is 0 Å². The molecule has 1 heterocycles. The van der Waals surface area contributed by atoms with Crippen molar-refractivity contribution in [1.29, 1.82) is 0 Å². The standard InChI is InChI=1S/C7H4INO2/c8-5-1-6(3-10)9-7(2-5)4-11/h1-4H. The third-order valence-electron chi connectivity index (χ3n) is 1.07. The van der Waals surface area contributed by atoms with Gasteiger partial charge in [0.25, 0.3) is 0 Å². The van der Waals surface area contributed by atoms with Crippen molar-refractivity contribution in [2.75, 3.05) is 0 Å². The Morgan fingerprint density at radius 1 is 1.18 bits per heavy atom. The van der Waals surface area contributed by atoms with Gasteiger partial charge in [-0.15, -0.1) is 0 Å². The smallest absolute Gasteiger partial charge is 0.168 e. The zero-order chi connectivity index (χ0) is 8.27. The Bertz CT molecular complexity index is 272. The Balaban J connectivity index is 3.21. The predicted octanol–water partition coefficient (Wildman–Crippen LogP) is 1.31. The van der Waals surface area contributed by atoms with Crippen LogP contribution in [-0.2, 0) is 0 Å². The molecule has 11 heavy (non-hydrogen) atoms. The van der Waals surface area contributed by atoms with Crippen LogP contribution < -0.4 is 0 Å². The summed E-state index contributed by atoms with van der Waals surface area (Å²) in [5, 5.41) is 0. The van der Waals surface area contributed by atoms with Gasteiger partial charge in [-0.1, -0.05) is 0 Å². The number of rotatable bonds is 2. The Morgan fingerprint density at radius 2 is 1.64 bits per heavy atom. The van der Waals surface area contributed by atoms with Crippen LogP contribution in [-0.4, -0.2) is 17.6 Å². The van der Waals surface area contributed by atoms with Crippen molar-refractivity contribution in [1.82, 2.24) is 4.98 Å². The molecule has 0 aromatic carbocycles. The number of nitrogens with zero attached hydrogens (tertiary/aromatic N) is 1. The molecule has 0 unspecified atom stereocenters. The van der Waals surface area contributed by atoms with Gasteiger partial charge in [0.15, 0.2) is 12.6 Å². The third-order valence-corrected chi connectivity index (χ3v) is 1.69. The molecule has 0 amide bonds. The number of halogens is 1. The number of hydrogen-bond acceptors (Lipinski definition) is 3. The zero-order valence-corrected chi connectivity index (χ0v) is 7.61. The molecule has 0 atom stereocenters. The first kappa shape index (κ1) is 8.32. The van der Waals surface area contributed by atoms with Gasteiger partial charge in [0.1, 0.15) is 11.4 Å². The summed E-state index contributed by atoms with van der Waals surface area (Å²) in [5.74, 6) is 0. The van der Waals surface area contributed by atoms with E-state index in [9.17, 15) is 9.59 Å². The second-order valence-electron chi connectivity index (χ2n) is 1.87. The van der Waals surface area contributed by atoms with Crippen molar-refractivity contribution in [3.63, 3.8) is 0 Å². The van der Waals surface area contributed by atoms with Crippen LogP contribution >= 0.6 is 22.6 Å². The van der Waals surface area contributed by atoms with Gasteiger partial charge >= 0.3 is 0 Å². The van der Waals surface area contributed by atoms with E-state index in [0.29, 0.717) is 24.0 Å². The molecule has 0 saturated carbocycles. The monoisotopic (exact) mass is 261 g/mol. The van der Waals surface area contributed by atoms with E-state index in [0.717, 1.165) is 3.57 Å². The van der Waals surface area contributed by atoms with Gasteiger partial charge in [-0.05, 0) is 34.7 Å². The summed E-state index contributed by atoms with van der Waals surface area (Å²) < 4.78 is 0.835. The van der Waals surface area contributed by atoms with Crippen LogP contribution in [0.3, 0.4) is 0 Å². The number of pyridine rings is 1. The molecular formula is C7H4INO2. The lowest BCUT2D eigenvalue weighted by molar-refractivity contribution is 0.111. The number of aldehydes is 2. The van der Waals surface area contributed by atoms with Crippen molar-refractivity contribution in [2.24, 2.45) is 0 Å². The summed E-state index contributed by atoms with van der Waals surface area (Å²) in [4.78, 5) is 24.2. The molecule has 0 radical (unpaired) electrons. The fourth-order valence-corrected chi connectivity index (χ4v) is 1.30. The van der Waals surface area contributed by atoms with Crippen LogP contribution in [0.25, 0.3) is 0 Å². The zero-order valence-electron chi connectivity index (χ0n) is 5.45. The van der Waals surface area contributed by atoms with E-state index in [1.807, 2.05) is 22.6 Å². The molecule has 56 valence electrons. The lowest BCUT2D eigenvalue weighted by Crippen LogP contribution is -1.93. The van der Waals surface area contributed by atoms with Crippen molar-refractivity contribution in [3.05, 3.63) is 27.1 Å². The van der Waals surface area contributed by atoms with Gasteiger partial charge in [-0.3, -0.25) is 9.59 Å². The third kappa shape index (κ3) is 2.07. The number of carbonyl (C=O) groups is 2. The highest BCUT2D eigenvalue weighted by Crippen LogP contribution is 2.05. The van der Waals surface area contributed by atoms with Crippen molar-refractivity contribution < 1.29 is 9.59 Å². The first-order valence-electron chi connectivity index (χ1n) is 2.84. The van der Waals surface area contributed by atoms with Crippen LogP contribution in [0.15, 0.2) is 12.1 Å². The fourth-order valence-electron chi connectivity index (χ4n) is 0.659. The molecule has 0 aliphatic carbocycles. The average Bonchev–Trinajstić information content (AvgIpc) is 2.03. The number of hydrogen-bond donors (Lipinski definition) is 0. The number of aromatic nitrogens is 1. The molecule has 4 heteroatoms. The second-order valence-corrected chi connectivity index (χ2v) is 3.12. The van der Waals surface area contributed by atoms with Gasteiger partial charge in [0.2, 0.25) is 0 Å². The van der Waals surface area contributed by atoms with Crippen LogP contribution in [0.5, 0.6) is 0 Å². The Kier molecular flexibility index (Phi) is 2.70. The predicted molar refractivity (Wildman–Crippen MR) is 47.7 cm³/mol. The number of carbonyl (C=O) groups excluding carboxylic acids is 2. The molecule has 0 saturated heterocycles. The van der Waals surface area contributed by atoms with E-state index in [2.05, 4.69) is 4.98 Å². The molecule has 0 N–H and O–H groups in total. The summed E-state index contributed by atoms with van der Waals surface area (Å²) in [6, 6.07) is 3.22. The highest BCUT2D eigenvalue weighted by Gasteiger charge is 1.97. The summed E-state index contributed by atoms with van der Waals surface area (Å²) in [5.41, 5.74) is 0.581. The van der Waals surface area contributed by atoms with Gasteiger partial charge in [-0.25, -0.2) is 4.98 Å². The maximum absolute atomic E-state index is 10.2. The molecular weight excluding hydrogens is 257 g/mol. The Labute approximate surface area is 77.0 Å². The van der Waals surface area contributed by atoms with Gasteiger partial charge in [-0.2, -0.15) is 0 Å². The first-order valence-corrected chi connectivity index (χ1v) is 3.92. The van der Waals surface area contributed by atoms with E-state index in [1.165, 1.54) is 0 Å². The molecule has 0 bridgehead atoms. The lowest BCUT2D eigenvalue weighted by Gasteiger charge is -1.93. The molecule has 3 nitrogen and oxygen atoms in total. The molecule has 1 aromatic rings. The van der Waals surface area contributed by atoms with E-state index >= 15 is 0 Å². The molecule has 1 aromatic heterocycles. The summed E-state index contributed by atoms with van der Waals surface area (Å²) in [7, 11) is 0. The summed E-state index contributed by atoms with van der Waals surface area (Å²) in [6.45, 7) is 0. The fraction of sp³-hybridized carbons (Fsp3) is 0. The van der Waals surface area contributed by atoms with Crippen molar-refractivity contribution >= 4 is 35.2 Å². The largest absolute Gasteiger partial charge is 0.296 e. The van der Waals surface area contributed by atoms with Crippen LogP contribution in [0.4, 0.5) is 0 Å². The molecule has 0 aliphatic heterocycles. The lowest BCUT2D eigenvalue weighted by atomic mass is 10.3. The molecule has 0 fully saturated rings. The van der Waals surface area contributed by atoms with Crippen LogP contribution in [0.1, 0.15) is 21.0 Å². The minimum Gasteiger partial charge on any atom is -0.296 e. The highest BCUT2D eigenvalue weighted by molar-refractivity contribution is 14.1. The maximum atomic E-state index is 10.2. The van der Waals surface area contributed by atoms with E-state index in [4.69, 9.17) is 0 Å². The first-order chi connectivity index (χ1) is 5.26. The molecule has 0 spiro atoms.